The number of nitrogens with zero attached hydrogens (tertiary/aromatic N) is 2. The monoisotopic (exact) mass is 334 g/mol. The molecule has 0 aliphatic carbocycles. The van der Waals surface area contributed by atoms with Gasteiger partial charge in [-0.2, -0.15) is 0 Å². The second-order valence-electron chi connectivity index (χ2n) is 8.83. The Balaban J connectivity index is 1.75. The fourth-order valence-electron chi connectivity index (χ4n) is 4.12. The number of hydrogen-bond acceptors (Lipinski definition) is 2. The summed E-state index contributed by atoms with van der Waals surface area (Å²) in [4.78, 5) is 5.01. The van der Waals surface area contributed by atoms with E-state index in [0.29, 0.717) is 5.92 Å². The molecule has 2 aromatic carbocycles. The highest BCUT2D eigenvalue weighted by atomic mass is 15.2. The third-order valence-corrected chi connectivity index (χ3v) is 5.68. The molecule has 0 bridgehead atoms. The third kappa shape index (κ3) is 3.15. The molecule has 25 heavy (non-hydrogen) atoms. The number of benzene rings is 2. The van der Waals surface area contributed by atoms with Gasteiger partial charge in [-0.1, -0.05) is 45.9 Å². The van der Waals surface area contributed by atoms with Crippen LogP contribution in [-0.4, -0.2) is 19.6 Å². The fraction of sp³-hybridized carbons (Fsp3) is 0.478. The van der Waals surface area contributed by atoms with Crippen LogP contribution in [0.3, 0.4) is 0 Å². The zero-order valence-electron chi connectivity index (χ0n) is 16.0. The van der Waals surface area contributed by atoms with Crippen molar-refractivity contribution >= 4 is 17.1 Å². The first-order chi connectivity index (χ1) is 11.9. The van der Waals surface area contributed by atoms with Crippen LogP contribution in [0.25, 0.3) is 0 Å². The van der Waals surface area contributed by atoms with Gasteiger partial charge < -0.3 is 9.80 Å². The molecule has 0 aromatic heterocycles. The molecule has 0 saturated carbocycles. The number of hydrogen-bond donors (Lipinski definition) is 0. The third-order valence-electron chi connectivity index (χ3n) is 5.68. The predicted octanol–water partition coefficient (Wildman–Crippen LogP) is 5.74. The van der Waals surface area contributed by atoms with E-state index in [2.05, 4.69) is 80.0 Å². The summed E-state index contributed by atoms with van der Waals surface area (Å²) in [6.07, 6.45) is 2.48. The maximum atomic E-state index is 2.53. The molecule has 0 unspecified atom stereocenters. The first-order valence-corrected chi connectivity index (χ1v) is 9.68. The molecule has 2 aliphatic rings. The van der Waals surface area contributed by atoms with Crippen LogP contribution in [-0.2, 0) is 6.42 Å². The molecule has 1 saturated heterocycles. The van der Waals surface area contributed by atoms with E-state index in [1.807, 2.05) is 0 Å². The molecule has 132 valence electrons. The van der Waals surface area contributed by atoms with Gasteiger partial charge in [-0.05, 0) is 59.6 Å². The van der Waals surface area contributed by atoms with Gasteiger partial charge in [-0.3, -0.25) is 0 Å². The maximum Gasteiger partial charge on any atom is 0.0443 e. The van der Waals surface area contributed by atoms with Gasteiger partial charge in [0.05, 0.1) is 0 Å². The molecule has 0 N–H and O–H groups in total. The van der Waals surface area contributed by atoms with Gasteiger partial charge >= 0.3 is 0 Å². The molecular weight excluding hydrogens is 304 g/mol. The lowest BCUT2D eigenvalue weighted by Crippen LogP contribution is -2.38. The van der Waals surface area contributed by atoms with Crippen molar-refractivity contribution in [2.24, 2.45) is 5.41 Å². The molecule has 2 aliphatic heterocycles. The van der Waals surface area contributed by atoms with Crippen molar-refractivity contribution in [3.05, 3.63) is 53.6 Å². The van der Waals surface area contributed by atoms with Crippen molar-refractivity contribution < 1.29 is 0 Å². The van der Waals surface area contributed by atoms with Crippen molar-refractivity contribution in [2.45, 2.75) is 46.5 Å². The second-order valence-corrected chi connectivity index (χ2v) is 8.83. The molecule has 4 rings (SSSR count). The average molecular weight is 335 g/mol. The Bertz CT molecular complexity index is 771. The van der Waals surface area contributed by atoms with Crippen LogP contribution in [0, 0.1) is 5.41 Å². The van der Waals surface area contributed by atoms with Crippen LogP contribution < -0.4 is 9.80 Å². The van der Waals surface area contributed by atoms with E-state index in [9.17, 15) is 0 Å². The Morgan fingerprint density at radius 2 is 1.72 bits per heavy atom. The molecule has 2 heterocycles. The summed E-state index contributed by atoms with van der Waals surface area (Å²) >= 11 is 0. The van der Waals surface area contributed by atoms with E-state index >= 15 is 0 Å². The molecule has 2 aromatic rings. The average Bonchev–Trinajstić information content (AvgIpc) is 2.51. The number of fused-ring (bicyclic) bond motifs is 1. The van der Waals surface area contributed by atoms with E-state index in [1.165, 1.54) is 47.7 Å². The van der Waals surface area contributed by atoms with E-state index in [-0.39, 0.29) is 5.41 Å². The Morgan fingerprint density at radius 1 is 0.960 bits per heavy atom. The highest BCUT2D eigenvalue weighted by molar-refractivity contribution is 5.72. The Hall–Kier alpha value is -1.96. The zero-order chi connectivity index (χ0) is 17.6. The van der Waals surface area contributed by atoms with Crippen LogP contribution >= 0.6 is 0 Å². The fourth-order valence-corrected chi connectivity index (χ4v) is 4.12. The SMILES string of the molecule is CC(C)c1ccc2c(c1)CC(C)(C)CN2c1cccc(N2CCC2)c1. The highest BCUT2D eigenvalue weighted by Crippen LogP contribution is 2.42. The summed E-state index contributed by atoms with van der Waals surface area (Å²) in [7, 11) is 0. The van der Waals surface area contributed by atoms with E-state index in [4.69, 9.17) is 0 Å². The minimum atomic E-state index is 0.287. The molecule has 1 fully saturated rings. The van der Waals surface area contributed by atoms with Crippen molar-refractivity contribution in [1.82, 2.24) is 0 Å². The van der Waals surface area contributed by atoms with Crippen LogP contribution in [0.5, 0.6) is 0 Å². The van der Waals surface area contributed by atoms with Gasteiger partial charge in [-0.15, -0.1) is 0 Å². The Morgan fingerprint density at radius 3 is 2.40 bits per heavy atom. The minimum Gasteiger partial charge on any atom is -0.371 e. The summed E-state index contributed by atoms with van der Waals surface area (Å²) in [5.74, 6) is 0.582. The van der Waals surface area contributed by atoms with Gasteiger partial charge in [0.1, 0.15) is 0 Å². The van der Waals surface area contributed by atoms with Gasteiger partial charge in [0.2, 0.25) is 0 Å². The van der Waals surface area contributed by atoms with Gasteiger partial charge in [-0.25, -0.2) is 0 Å². The van der Waals surface area contributed by atoms with Crippen molar-refractivity contribution in [1.29, 1.82) is 0 Å². The topological polar surface area (TPSA) is 6.48 Å². The smallest absolute Gasteiger partial charge is 0.0443 e. The summed E-state index contributed by atoms with van der Waals surface area (Å²) in [6, 6.07) is 16.2. The largest absolute Gasteiger partial charge is 0.371 e. The van der Waals surface area contributed by atoms with E-state index in [0.717, 1.165) is 13.0 Å². The number of rotatable bonds is 3. The first kappa shape index (κ1) is 16.5. The standard InChI is InChI=1S/C23H30N2/c1-17(2)18-9-10-22-19(13-18)15-23(3,4)16-25(22)21-8-5-7-20(14-21)24-11-6-12-24/h5,7-10,13-14,17H,6,11-12,15-16H2,1-4H3. The van der Waals surface area contributed by atoms with Crippen LogP contribution in [0.1, 0.15) is 51.2 Å². The van der Waals surface area contributed by atoms with E-state index in [1.54, 1.807) is 0 Å². The summed E-state index contributed by atoms with van der Waals surface area (Å²) in [5.41, 5.74) is 7.32. The number of anilines is 3. The van der Waals surface area contributed by atoms with Crippen LogP contribution in [0.2, 0.25) is 0 Å². The lowest BCUT2D eigenvalue weighted by atomic mass is 9.80. The molecular formula is C23H30N2. The van der Waals surface area contributed by atoms with Crippen LogP contribution in [0.4, 0.5) is 17.1 Å². The maximum absolute atomic E-state index is 2.53. The normalized spacial score (nSPS) is 18.9. The van der Waals surface area contributed by atoms with Crippen molar-refractivity contribution in [3.8, 4) is 0 Å². The summed E-state index contributed by atoms with van der Waals surface area (Å²) in [6.45, 7) is 12.8. The lowest BCUT2D eigenvalue weighted by Gasteiger charge is -2.42. The minimum absolute atomic E-state index is 0.287. The Kier molecular flexibility index (Phi) is 4.02. The zero-order valence-corrected chi connectivity index (χ0v) is 16.0. The van der Waals surface area contributed by atoms with Gasteiger partial charge in [0.15, 0.2) is 0 Å². The van der Waals surface area contributed by atoms with Crippen molar-refractivity contribution in [3.63, 3.8) is 0 Å². The molecule has 0 spiro atoms. The second kappa shape index (κ2) is 6.09. The van der Waals surface area contributed by atoms with E-state index < -0.39 is 0 Å². The van der Waals surface area contributed by atoms with Crippen LogP contribution in [0.15, 0.2) is 42.5 Å². The van der Waals surface area contributed by atoms with Crippen molar-refractivity contribution in [2.75, 3.05) is 29.4 Å². The highest BCUT2D eigenvalue weighted by Gasteiger charge is 2.31. The molecule has 0 atom stereocenters. The molecule has 2 heteroatoms. The Labute approximate surface area is 152 Å². The summed E-state index contributed by atoms with van der Waals surface area (Å²) < 4.78 is 0. The molecule has 2 nitrogen and oxygen atoms in total. The first-order valence-electron chi connectivity index (χ1n) is 9.68. The van der Waals surface area contributed by atoms with Gasteiger partial charge in [0.25, 0.3) is 0 Å². The van der Waals surface area contributed by atoms with Gasteiger partial charge in [0, 0.05) is 36.7 Å². The predicted molar refractivity (Wildman–Crippen MR) is 108 cm³/mol. The quantitative estimate of drug-likeness (QED) is 0.706. The molecule has 0 radical (unpaired) electrons. The summed E-state index contributed by atoms with van der Waals surface area (Å²) in [5, 5.41) is 0. The lowest BCUT2D eigenvalue weighted by molar-refractivity contribution is 0.361. The molecule has 0 amide bonds.